The third kappa shape index (κ3) is 29.1. The summed E-state index contributed by atoms with van der Waals surface area (Å²) in [7, 11) is -10.4. The number of anilines is 1. The van der Waals surface area contributed by atoms with E-state index >= 15 is 0 Å². The van der Waals surface area contributed by atoms with Crippen molar-refractivity contribution in [1.29, 1.82) is 0 Å². The van der Waals surface area contributed by atoms with Gasteiger partial charge in [0.1, 0.15) is 36.5 Å². The Kier molecular flexibility index (Phi) is 36.4. The number of nitrogens with zero attached hydrogens (tertiary/aromatic N) is 6. The summed E-state index contributed by atoms with van der Waals surface area (Å²) in [5, 5.41) is 29.5. The lowest BCUT2D eigenvalue weighted by atomic mass is 10.0. The molecule has 0 aromatic carbocycles. The molecule has 4 heterocycles. The van der Waals surface area contributed by atoms with E-state index in [1.165, 1.54) is 173 Å². The molecule has 26 heteroatoms. The maximum absolute atomic E-state index is 13.5. The van der Waals surface area contributed by atoms with Crippen LogP contribution in [-0.2, 0) is 36.9 Å². The van der Waals surface area contributed by atoms with E-state index in [2.05, 4.69) is 39.2 Å². The smallest absolute Gasteiger partial charge is 0.387 e. The molecule has 4 rings (SSSR count). The number of aryl methyl sites for hydroxylation is 1. The predicted molar refractivity (Wildman–Crippen MR) is 323 cm³/mol. The molecule has 482 valence electrons. The molecule has 2 aliphatic rings. The molecule has 0 radical (unpaired) electrons. The van der Waals surface area contributed by atoms with Gasteiger partial charge in [-0.3, -0.25) is 32.5 Å². The lowest BCUT2D eigenvalue weighted by Gasteiger charge is -2.29. The van der Waals surface area contributed by atoms with E-state index < -0.39 is 107 Å². The van der Waals surface area contributed by atoms with E-state index in [4.69, 9.17) is 27.8 Å². The van der Waals surface area contributed by atoms with Crippen LogP contribution in [0.3, 0.4) is 0 Å². The number of aliphatic hydroxyl groups excluding tert-OH is 2. The van der Waals surface area contributed by atoms with Crippen molar-refractivity contribution in [2.45, 2.75) is 294 Å². The van der Waals surface area contributed by atoms with Crippen LogP contribution in [-0.4, -0.2) is 113 Å². The summed E-state index contributed by atoms with van der Waals surface area (Å²) >= 11 is 0. The van der Waals surface area contributed by atoms with Crippen LogP contribution in [0.1, 0.15) is 250 Å². The van der Waals surface area contributed by atoms with Crippen LogP contribution in [0.5, 0.6) is 0 Å². The summed E-state index contributed by atoms with van der Waals surface area (Å²) < 4.78 is 61.9. The van der Waals surface area contributed by atoms with Crippen LogP contribution in [0.15, 0.2) is 38.0 Å². The minimum Gasteiger partial charge on any atom is -0.387 e. The molecule has 24 nitrogen and oxygen atoms in total. The van der Waals surface area contributed by atoms with Crippen LogP contribution < -0.4 is 22.3 Å². The van der Waals surface area contributed by atoms with Crippen LogP contribution in [0.2, 0.25) is 0 Å². The van der Waals surface area contributed by atoms with Gasteiger partial charge in [0.05, 0.1) is 31.5 Å². The molecule has 0 amide bonds. The molecule has 7 N–H and O–H groups in total. The first-order valence-corrected chi connectivity index (χ1v) is 34.8. The Bertz CT molecular complexity index is 2440. The number of unbranched alkanes of at least 4 members (excludes halogenated alkanes) is 30. The average Bonchev–Trinajstić information content (AvgIpc) is 2.56. The number of hydrogen-bond donors (Lipinski definition) is 7. The first-order valence-electron chi connectivity index (χ1n) is 31.8. The molecule has 0 spiro atoms. The van der Waals surface area contributed by atoms with Gasteiger partial charge in [0.2, 0.25) is 0 Å². The molecule has 0 aliphatic carbocycles. The molecule has 2 saturated heterocycles. The quantitative estimate of drug-likeness (QED) is 0.0106. The third-order valence-corrected chi connectivity index (χ3v) is 17.4. The van der Waals surface area contributed by atoms with Crippen molar-refractivity contribution in [1.82, 2.24) is 19.1 Å². The molecular formula is C58H104N8O16P2. The highest BCUT2D eigenvalue weighted by molar-refractivity contribution is 7.47. The number of aliphatic hydroxyl groups is 2. The number of ether oxygens (including phenoxy) is 3. The fourth-order valence-corrected chi connectivity index (χ4v) is 12.3. The highest BCUT2D eigenvalue weighted by Gasteiger charge is 2.50. The lowest BCUT2D eigenvalue weighted by molar-refractivity contribution is -0.103. The number of hydrogen-bond acceptors (Lipinski definition) is 16. The Labute approximate surface area is 497 Å². The van der Waals surface area contributed by atoms with Crippen molar-refractivity contribution in [3.8, 4) is 0 Å². The highest BCUT2D eigenvalue weighted by Crippen LogP contribution is 2.46. The van der Waals surface area contributed by atoms with Gasteiger partial charge in [-0.05, 0) is 31.4 Å². The van der Waals surface area contributed by atoms with Crippen molar-refractivity contribution in [2.24, 2.45) is 5.11 Å². The van der Waals surface area contributed by atoms with Gasteiger partial charge in [0, 0.05) is 48.9 Å². The second kappa shape index (κ2) is 41.8. The van der Waals surface area contributed by atoms with Gasteiger partial charge in [-0.15, -0.1) is 0 Å². The van der Waals surface area contributed by atoms with Gasteiger partial charge in [-0.1, -0.05) is 212 Å². The number of phosphoric acid groups is 2. The monoisotopic (exact) mass is 1230 g/mol. The first kappa shape index (κ1) is 73.2. The van der Waals surface area contributed by atoms with Crippen LogP contribution in [0, 0.1) is 6.92 Å². The van der Waals surface area contributed by atoms with Crippen molar-refractivity contribution >= 4 is 21.5 Å². The minimum absolute atomic E-state index is 0.0474. The maximum atomic E-state index is 13.5. The summed E-state index contributed by atoms with van der Waals surface area (Å²) in [6, 6.07) is 0.544. The Morgan fingerprint density at radius 2 is 1.25 bits per heavy atom. The number of phosphoric ester groups is 2. The third-order valence-electron chi connectivity index (χ3n) is 15.9. The van der Waals surface area contributed by atoms with Crippen LogP contribution >= 0.6 is 15.6 Å². The van der Waals surface area contributed by atoms with E-state index in [0.29, 0.717) is 18.8 Å². The second-order valence-electron chi connectivity index (χ2n) is 23.0. The van der Waals surface area contributed by atoms with E-state index in [1.807, 2.05) is 0 Å². The number of azide groups is 1. The van der Waals surface area contributed by atoms with Crippen LogP contribution in [0.25, 0.3) is 10.4 Å². The Morgan fingerprint density at radius 1 is 0.738 bits per heavy atom. The zero-order valence-electron chi connectivity index (χ0n) is 50.6. The summed E-state index contributed by atoms with van der Waals surface area (Å²) in [5.41, 5.74) is 7.25. The summed E-state index contributed by atoms with van der Waals surface area (Å²) in [5.74, 6) is 0.298. The SMILES string of the molecule is CCCCCCCCCCCCCCCCCCNc1ccn(C2OC(C(CC(COP(=O)(O)OCC3OC(n4cc(C)c(=O)[nH]c4=O)CC3N=[N+]=[N-])OCCCCCCCCCCCCCCCCCC)OP(=O)(O)O)C(O)C2O)c(=O)n1. The average molecular weight is 1230 g/mol. The number of nitrogens with one attached hydrogen (secondary N) is 2. The Hall–Kier alpha value is -3.31. The van der Waals surface area contributed by atoms with Crippen molar-refractivity contribution in [2.75, 3.05) is 31.7 Å². The molecule has 84 heavy (non-hydrogen) atoms. The lowest BCUT2D eigenvalue weighted by Crippen LogP contribution is -2.42. The van der Waals surface area contributed by atoms with E-state index in [-0.39, 0.29) is 18.6 Å². The van der Waals surface area contributed by atoms with Crippen molar-refractivity contribution in [3.05, 3.63) is 65.8 Å². The van der Waals surface area contributed by atoms with E-state index in [9.17, 15) is 53.9 Å². The molecule has 0 bridgehead atoms. The topological polar surface area (TPSA) is 341 Å². The summed E-state index contributed by atoms with van der Waals surface area (Å²) in [4.78, 5) is 78.2. The summed E-state index contributed by atoms with van der Waals surface area (Å²) in [6.07, 6.45) is 28.3. The van der Waals surface area contributed by atoms with E-state index in [0.717, 1.165) is 60.5 Å². The first-order chi connectivity index (χ1) is 40.5. The molecule has 2 aliphatic heterocycles. The standard InChI is InChI=1S/C58H104N8O16P2/c1-4-6-8-10-12-14-16-18-20-22-24-26-28-30-32-34-37-60-50-36-38-65(57(70)61-50)56-53(68)52(67)54(81-56)48(82-83(72,73)74)40-46(77-39-35-33-31-29-27-25-23-21-19-17-15-13-11-9-7-5-2)43-78-84(75,76)79-44-49-47(63-64-59)41-51(80-49)66-42-45(3)55(69)62-58(66)71/h36,38,42,46-49,51-54,56,67-68H,4-35,37,39-41,43-44H2,1-3H3,(H,75,76)(H,60,61,70)(H,62,69,71)(H2,72,73,74). The van der Waals surface area contributed by atoms with Gasteiger partial charge in [0.15, 0.2) is 6.23 Å². The number of aromatic nitrogens is 4. The highest BCUT2D eigenvalue weighted by atomic mass is 31.2. The largest absolute Gasteiger partial charge is 0.472 e. The molecular weight excluding hydrogens is 1130 g/mol. The normalized spacial score (nSPS) is 21.4. The summed E-state index contributed by atoms with van der Waals surface area (Å²) in [6.45, 7) is 5.24. The van der Waals surface area contributed by atoms with Gasteiger partial charge in [0.25, 0.3) is 5.56 Å². The number of H-pyrrole nitrogens is 1. The fourth-order valence-electron chi connectivity index (χ4n) is 11.0. The second-order valence-corrected chi connectivity index (χ2v) is 25.7. The van der Waals surface area contributed by atoms with Gasteiger partial charge < -0.3 is 44.4 Å². The van der Waals surface area contributed by atoms with Gasteiger partial charge >= 0.3 is 27.0 Å². The van der Waals surface area contributed by atoms with Crippen molar-refractivity contribution < 1.29 is 61.8 Å². The molecule has 2 fully saturated rings. The van der Waals surface area contributed by atoms with Crippen LogP contribution in [0.4, 0.5) is 5.82 Å². The predicted octanol–water partition coefficient (Wildman–Crippen LogP) is 12.0. The zero-order valence-corrected chi connectivity index (χ0v) is 52.4. The molecule has 10 unspecified atom stereocenters. The Balaban J connectivity index is 1.32. The fraction of sp³-hybridized carbons (Fsp3) is 0.862. The van der Waals surface area contributed by atoms with Gasteiger partial charge in [-0.25, -0.2) is 18.7 Å². The molecule has 2 aromatic heterocycles. The van der Waals surface area contributed by atoms with Crippen molar-refractivity contribution in [3.63, 3.8) is 0 Å². The Morgan fingerprint density at radius 3 is 1.75 bits per heavy atom. The zero-order chi connectivity index (χ0) is 61.0. The molecule has 0 saturated carbocycles. The minimum atomic E-state index is -5.38. The molecule has 2 aromatic rings. The number of rotatable bonds is 50. The molecule has 10 atom stereocenters. The maximum Gasteiger partial charge on any atom is 0.472 e. The van der Waals surface area contributed by atoms with Gasteiger partial charge in [-0.2, -0.15) is 4.98 Å². The van der Waals surface area contributed by atoms with E-state index in [1.54, 1.807) is 0 Å². The number of aromatic amines is 1.